The van der Waals surface area contributed by atoms with E-state index in [4.69, 9.17) is 10.9 Å². The highest BCUT2D eigenvalue weighted by Crippen LogP contribution is 2.10. The van der Waals surface area contributed by atoms with Crippen molar-refractivity contribution in [2.45, 2.75) is 11.4 Å². The maximum Gasteiger partial charge on any atom is 0.238 e. The first-order valence-electron chi connectivity index (χ1n) is 6.19. The number of anilines is 1. The van der Waals surface area contributed by atoms with E-state index >= 15 is 0 Å². The van der Waals surface area contributed by atoms with Crippen LogP contribution in [0.1, 0.15) is 5.56 Å². The van der Waals surface area contributed by atoms with Crippen LogP contribution >= 0.6 is 24.0 Å². The zero-order chi connectivity index (χ0) is 15.3. The van der Waals surface area contributed by atoms with Gasteiger partial charge in [-0.15, -0.1) is 24.0 Å². The number of nitrogens with zero attached hydrogens (tertiary/aromatic N) is 1. The SMILES string of the molecule is I.NC(=NCc1ccc(S(N)(=O)=O)cc1)Nc1ccccc1. The fourth-order valence-corrected chi connectivity index (χ4v) is 2.19. The number of rotatable bonds is 4. The van der Waals surface area contributed by atoms with Crippen molar-refractivity contribution in [1.82, 2.24) is 0 Å². The van der Waals surface area contributed by atoms with E-state index in [2.05, 4.69) is 10.3 Å². The summed E-state index contributed by atoms with van der Waals surface area (Å²) < 4.78 is 22.3. The molecular formula is C14H17IN4O2S. The van der Waals surface area contributed by atoms with Gasteiger partial charge in [0.05, 0.1) is 11.4 Å². The van der Waals surface area contributed by atoms with Crippen molar-refractivity contribution < 1.29 is 8.42 Å². The highest BCUT2D eigenvalue weighted by molar-refractivity contribution is 14.0. The molecule has 2 aromatic carbocycles. The zero-order valence-electron chi connectivity index (χ0n) is 11.6. The maximum absolute atomic E-state index is 11.1. The maximum atomic E-state index is 11.1. The first-order valence-corrected chi connectivity index (χ1v) is 7.73. The smallest absolute Gasteiger partial charge is 0.238 e. The van der Waals surface area contributed by atoms with E-state index in [1.54, 1.807) is 12.1 Å². The lowest BCUT2D eigenvalue weighted by Crippen LogP contribution is -2.22. The van der Waals surface area contributed by atoms with E-state index in [9.17, 15) is 8.42 Å². The normalized spacial score (nSPS) is 11.6. The van der Waals surface area contributed by atoms with Crippen LogP contribution in [0.4, 0.5) is 5.69 Å². The number of sulfonamides is 1. The van der Waals surface area contributed by atoms with Crippen molar-refractivity contribution in [3.63, 3.8) is 0 Å². The van der Waals surface area contributed by atoms with Gasteiger partial charge in [0.2, 0.25) is 10.0 Å². The summed E-state index contributed by atoms with van der Waals surface area (Å²) in [5.41, 5.74) is 7.46. The molecule has 6 nitrogen and oxygen atoms in total. The molecule has 8 heteroatoms. The molecule has 0 aromatic heterocycles. The Morgan fingerprint density at radius 2 is 1.64 bits per heavy atom. The van der Waals surface area contributed by atoms with Gasteiger partial charge in [0.25, 0.3) is 0 Å². The highest BCUT2D eigenvalue weighted by Gasteiger charge is 2.06. The Balaban J connectivity index is 0.00000242. The van der Waals surface area contributed by atoms with Gasteiger partial charge in [0.15, 0.2) is 5.96 Å². The molecule has 118 valence electrons. The summed E-state index contributed by atoms with van der Waals surface area (Å²) in [5.74, 6) is 0.289. The third-order valence-corrected chi connectivity index (χ3v) is 3.66. The van der Waals surface area contributed by atoms with Crippen molar-refractivity contribution in [3.8, 4) is 0 Å². The minimum Gasteiger partial charge on any atom is -0.370 e. The monoisotopic (exact) mass is 432 g/mol. The standard InChI is InChI=1S/C14H16N4O2S.HI/c15-14(18-12-4-2-1-3-5-12)17-10-11-6-8-13(9-7-11)21(16,19)20;/h1-9H,10H2,(H3,15,17,18)(H2,16,19,20);1H. The molecule has 0 fully saturated rings. The molecule has 0 aliphatic rings. The fraction of sp³-hybridized carbons (Fsp3) is 0.0714. The summed E-state index contributed by atoms with van der Waals surface area (Å²) in [6, 6.07) is 15.6. The first kappa shape index (κ1) is 18.4. The molecule has 5 N–H and O–H groups in total. The van der Waals surface area contributed by atoms with Crippen LogP contribution in [-0.2, 0) is 16.6 Å². The number of hydrogen-bond acceptors (Lipinski definition) is 3. The third-order valence-electron chi connectivity index (χ3n) is 2.73. The number of nitrogens with two attached hydrogens (primary N) is 2. The highest BCUT2D eigenvalue weighted by atomic mass is 127. The average Bonchev–Trinajstić information content (AvgIpc) is 2.46. The van der Waals surface area contributed by atoms with Crippen LogP contribution in [0.3, 0.4) is 0 Å². The Labute approximate surface area is 146 Å². The van der Waals surface area contributed by atoms with E-state index in [0.29, 0.717) is 6.54 Å². The largest absolute Gasteiger partial charge is 0.370 e. The molecule has 0 atom stereocenters. The van der Waals surface area contributed by atoms with Gasteiger partial charge in [0, 0.05) is 5.69 Å². The summed E-state index contributed by atoms with van der Waals surface area (Å²) in [5, 5.41) is 7.99. The van der Waals surface area contributed by atoms with Gasteiger partial charge in [-0.1, -0.05) is 30.3 Å². The van der Waals surface area contributed by atoms with Gasteiger partial charge in [-0.2, -0.15) is 0 Å². The molecule has 0 spiro atoms. The van der Waals surface area contributed by atoms with Crippen LogP contribution in [0.2, 0.25) is 0 Å². The number of primary sulfonamides is 1. The molecule has 2 aromatic rings. The lowest BCUT2D eigenvalue weighted by atomic mass is 10.2. The van der Waals surface area contributed by atoms with Crippen LogP contribution in [0.15, 0.2) is 64.5 Å². The topological polar surface area (TPSA) is 111 Å². The second kappa shape index (κ2) is 8.11. The van der Waals surface area contributed by atoms with Gasteiger partial charge in [-0.3, -0.25) is 0 Å². The number of guanidine groups is 1. The van der Waals surface area contributed by atoms with Crippen molar-refractivity contribution in [1.29, 1.82) is 0 Å². The summed E-state index contributed by atoms with van der Waals surface area (Å²) in [7, 11) is -3.66. The van der Waals surface area contributed by atoms with Gasteiger partial charge in [-0.05, 0) is 29.8 Å². The summed E-state index contributed by atoms with van der Waals surface area (Å²) in [6.07, 6.45) is 0. The lowest BCUT2D eigenvalue weighted by Gasteiger charge is -2.05. The van der Waals surface area contributed by atoms with E-state index in [-0.39, 0.29) is 34.8 Å². The Kier molecular flexibility index (Phi) is 6.78. The lowest BCUT2D eigenvalue weighted by molar-refractivity contribution is 0.598. The Hall–Kier alpha value is -1.65. The van der Waals surface area contributed by atoms with Crippen molar-refractivity contribution in [3.05, 3.63) is 60.2 Å². The van der Waals surface area contributed by atoms with Crippen LogP contribution in [0.5, 0.6) is 0 Å². The molecule has 0 heterocycles. The number of aliphatic imine (C=N–C) groups is 1. The predicted octanol–water partition coefficient (Wildman–Crippen LogP) is 1.88. The molecule has 2 rings (SSSR count). The average molecular weight is 432 g/mol. The molecule has 22 heavy (non-hydrogen) atoms. The van der Waals surface area contributed by atoms with E-state index in [1.165, 1.54) is 12.1 Å². The molecule has 0 radical (unpaired) electrons. The number of nitrogens with one attached hydrogen (secondary N) is 1. The molecule has 0 aliphatic heterocycles. The molecule has 0 bridgehead atoms. The third kappa shape index (κ3) is 5.62. The van der Waals surface area contributed by atoms with Crippen molar-refractivity contribution in [2.75, 3.05) is 5.32 Å². The van der Waals surface area contributed by atoms with Crippen LogP contribution in [0.25, 0.3) is 0 Å². The fourth-order valence-electron chi connectivity index (χ4n) is 1.67. The number of halogens is 1. The molecule has 0 saturated carbocycles. The molecule has 0 amide bonds. The van der Waals surface area contributed by atoms with Gasteiger partial charge in [0.1, 0.15) is 0 Å². The van der Waals surface area contributed by atoms with Crippen molar-refractivity contribution >= 4 is 45.6 Å². The molecule has 0 aliphatic carbocycles. The molecule has 0 unspecified atom stereocenters. The minimum atomic E-state index is -3.66. The number of benzene rings is 2. The number of hydrogen-bond donors (Lipinski definition) is 3. The van der Waals surface area contributed by atoms with Crippen LogP contribution < -0.4 is 16.2 Å². The molecular weight excluding hydrogens is 415 g/mol. The Morgan fingerprint density at radius 1 is 1.05 bits per heavy atom. The van der Waals surface area contributed by atoms with Crippen LogP contribution in [-0.4, -0.2) is 14.4 Å². The van der Waals surface area contributed by atoms with E-state index in [0.717, 1.165) is 11.3 Å². The second-order valence-electron chi connectivity index (χ2n) is 4.38. The summed E-state index contributed by atoms with van der Waals surface area (Å²) >= 11 is 0. The number of para-hydroxylation sites is 1. The Bertz CT molecular complexity index is 731. The second-order valence-corrected chi connectivity index (χ2v) is 5.94. The van der Waals surface area contributed by atoms with E-state index < -0.39 is 10.0 Å². The van der Waals surface area contributed by atoms with Crippen molar-refractivity contribution in [2.24, 2.45) is 15.9 Å². The van der Waals surface area contributed by atoms with Gasteiger partial charge in [-0.25, -0.2) is 18.5 Å². The first-order chi connectivity index (χ1) is 9.95. The summed E-state index contributed by atoms with van der Waals surface area (Å²) in [4.78, 5) is 4.26. The van der Waals surface area contributed by atoms with Gasteiger partial charge < -0.3 is 11.1 Å². The predicted molar refractivity (Wildman–Crippen MR) is 98.6 cm³/mol. The summed E-state index contributed by atoms with van der Waals surface area (Å²) in [6.45, 7) is 0.344. The minimum absolute atomic E-state index is 0. The zero-order valence-corrected chi connectivity index (χ0v) is 14.8. The quantitative estimate of drug-likeness (QED) is 0.389. The van der Waals surface area contributed by atoms with Gasteiger partial charge >= 0.3 is 0 Å². The molecule has 0 saturated heterocycles. The van der Waals surface area contributed by atoms with Crippen LogP contribution in [0, 0.1) is 0 Å². The Morgan fingerprint density at radius 3 is 2.18 bits per heavy atom. The van der Waals surface area contributed by atoms with E-state index in [1.807, 2.05) is 30.3 Å².